The van der Waals surface area contributed by atoms with Gasteiger partial charge in [0, 0.05) is 11.3 Å². The van der Waals surface area contributed by atoms with Crippen molar-refractivity contribution in [3.63, 3.8) is 0 Å². The fraction of sp³-hybridized carbons (Fsp3) is 0.700. The molecule has 0 amide bonds. The maximum atomic E-state index is 12.7. The number of rotatable bonds is 23. The average Bonchev–Trinajstić information content (AvgIpc) is 2.89. The van der Waals surface area contributed by atoms with E-state index in [1.807, 2.05) is 13.8 Å². The molecule has 1 unspecified atom stereocenters. The summed E-state index contributed by atoms with van der Waals surface area (Å²) in [6.07, 6.45) is 22.2. The highest BCUT2D eigenvalue weighted by Gasteiger charge is 2.27. The summed E-state index contributed by atoms with van der Waals surface area (Å²) < 4.78 is 25.3. The van der Waals surface area contributed by atoms with Crippen LogP contribution in [0.4, 0.5) is 0 Å². The highest BCUT2D eigenvalue weighted by atomic mass is 32.2. The zero-order valence-corrected chi connectivity index (χ0v) is 24.8. The van der Waals surface area contributed by atoms with Crippen LogP contribution >= 0.6 is 0 Å². The van der Waals surface area contributed by atoms with Crippen molar-refractivity contribution in [2.75, 3.05) is 0 Å². The number of hydrazone groups is 1. The normalized spacial score (nSPS) is 13.2. The predicted octanol–water partition coefficient (Wildman–Crippen LogP) is 8.50. The van der Waals surface area contributed by atoms with Crippen LogP contribution in [0.5, 0.6) is 0 Å². The summed E-state index contributed by atoms with van der Waals surface area (Å²) in [4.78, 5) is 13.8. The molecule has 0 aromatic heterocycles. The fourth-order valence-electron chi connectivity index (χ4n) is 4.35. The lowest BCUT2D eigenvalue weighted by Gasteiger charge is -2.13. The zero-order chi connectivity index (χ0) is 28.1. The molecule has 0 spiro atoms. The predicted molar refractivity (Wildman–Crippen MR) is 159 cm³/mol. The van der Waals surface area contributed by atoms with Gasteiger partial charge in [0.25, 0.3) is 16.1 Å². The quantitative estimate of drug-likeness (QED) is 0.0486. The van der Waals surface area contributed by atoms with Crippen LogP contribution in [0.15, 0.2) is 46.4 Å². The van der Waals surface area contributed by atoms with E-state index in [0.717, 1.165) is 50.5 Å². The maximum Gasteiger partial charge on any atom is 0.276 e. The van der Waals surface area contributed by atoms with Crippen molar-refractivity contribution >= 4 is 15.7 Å². The van der Waals surface area contributed by atoms with Gasteiger partial charge >= 0.3 is 0 Å². The molecule has 7 nitrogen and oxygen atoms in total. The number of nitrogens with zero attached hydrogens (tertiary/aromatic N) is 2. The lowest BCUT2D eigenvalue weighted by molar-refractivity contribution is -0.504. The van der Waals surface area contributed by atoms with Gasteiger partial charge in [-0.1, -0.05) is 101 Å². The molecule has 0 saturated heterocycles. The number of unbranched alkanes of at least 4 members (excludes halogenated alkanes) is 12. The van der Waals surface area contributed by atoms with Crippen molar-refractivity contribution < 1.29 is 13.3 Å². The molecule has 0 heterocycles. The molecule has 1 N–H and O–H groups in total. The number of hydrogen-bond donors (Lipinski definition) is 1. The molecule has 1 aromatic carbocycles. The Morgan fingerprint density at radius 1 is 0.868 bits per heavy atom. The Kier molecular flexibility index (Phi) is 18.4. The molecule has 38 heavy (non-hydrogen) atoms. The molecule has 0 bridgehead atoms. The van der Waals surface area contributed by atoms with Crippen molar-refractivity contribution in [2.24, 2.45) is 5.10 Å². The summed E-state index contributed by atoms with van der Waals surface area (Å²) in [7, 11) is -3.88. The lowest BCUT2D eigenvalue weighted by Crippen LogP contribution is -2.32. The van der Waals surface area contributed by atoms with Gasteiger partial charge in [-0.05, 0) is 64.0 Å². The third kappa shape index (κ3) is 15.3. The van der Waals surface area contributed by atoms with Gasteiger partial charge in [0.05, 0.1) is 4.90 Å². The molecule has 8 heteroatoms. The van der Waals surface area contributed by atoms with Gasteiger partial charge in [0.15, 0.2) is 0 Å². The Balaban J connectivity index is 2.49. The summed E-state index contributed by atoms with van der Waals surface area (Å²) in [6.45, 7) is 6.11. The Labute approximate surface area is 231 Å². The van der Waals surface area contributed by atoms with Crippen LogP contribution in [-0.2, 0) is 10.0 Å². The molecular weight excluding hydrogens is 498 g/mol. The Bertz CT molecular complexity index is 927. The second kappa shape index (κ2) is 20.7. The Hall–Kier alpha value is -2.22. The zero-order valence-electron chi connectivity index (χ0n) is 24.0. The first-order valence-corrected chi connectivity index (χ1v) is 16.2. The molecule has 0 aliphatic heterocycles. The molecule has 216 valence electrons. The molecule has 0 aliphatic rings. The van der Waals surface area contributed by atoms with Crippen LogP contribution < -0.4 is 4.83 Å². The van der Waals surface area contributed by atoms with Crippen molar-refractivity contribution in [3.8, 4) is 0 Å². The number of allylic oxidation sites excluding steroid dienone is 2. The number of sulfonamides is 1. The van der Waals surface area contributed by atoms with Crippen LogP contribution in [0.1, 0.15) is 129 Å². The van der Waals surface area contributed by atoms with Crippen LogP contribution in [0.25, 0.3) is 0 Å². The highest BCUT2D eigenvalue weighted by molar-refractivity contribution is 7.89. The standard InChI is InChI=1S/C30H51N3O4S/c1-4-6-8-9-10-11-12-13-14-15-16-17-18-19-20-21-29(30(33(34)35)22-7-5-2)31-32-38(36,37)28-25-23-27(3)24-26-28/h13-14,23-26,30,32H,4-12,15-22H2,1-3H3/b14-13-,31-29-. The number of hydrogen-bond acceptors (Lipinski definition) is 5. The number of nitro groups is 1. The van der Waals surface area contributed by atoms with Gasteiger partial charge in [0.2, 0.25) is 0 Å². The van der Waals surface area contributed by atoms with E-state index in [4.69, 9.17) is 0 Å². The van der Waals surface area contributed by atoms with E-state index in [9.17, 15) is 18.5 Å². The average molecular weight is 550 g/mol. The van der Waals surface area contributed by atoms with Crippen LogP contribution in [0, 0.1) is 17.0 Å². The van der Waals surface area contributed by atoms with E-state index < -0.39 is 16.1 Å². The molecule has 0 saturated carbocycles. The third-order valence-electron chi connectivity index (χ3n) is 6.81. The first-order chi connectivity index (χ1) is 18.3. The molecule has 1 rings (SSSR count). The Morgan fingerprint density at radius 3 is 1.95 bits per heavy atom. The van der Waals surface area contributed by atoms with E-state index in [2.05, 4.69) is 29.0 Å². The molecular formula is C30H51N3O4S. The van der Waals surface area contributed by atoms with E-state index in [0.29, 0.717) is 25.0 Å². The third-order valence-corrected chi connectivity index (χ3v) is 8.03. The van der Waals surface area contributed by atoms with Crippen molar-refractivity contribution in [1.29, 1.82) is 0 Å². The van der Waals surface area contributed by atoms with Gasteiger partial charge in [-0.25, -0.2) is 0 Å². The Morgan fingerprint density at radius 2 is 1.39 bits per heavy atom. The number of aryl methyl sites for hydroxylation is 1. The number of nitrogens with one attached hydrogen (secondary N) is 1. The van der Waals surface area contributed by atoms with Crippen molar-refractivity contribution in [2.45, 2.75) is 141 Å². The fourth-order valence-corrected chi connectivity index (χ4v) is 5.19. The van der Waals surface area contributed by atoms with E-state index >= 15 is 0 Å². The van der Waals surface area contributed by atoms with Crippen LogP contribution in [-0.4, -0.2) is 25.1 Å². The second-order valence-corrected chi connectivity index (χ2v) is 11.9. The minimum Gasteiger partial charge on any atom is -0.264 e. The van der Waals surface area contributed by atoms with E-state index in [-0.39, 0.29) is 9.82 Å². The monoisotopic (exact) mass is 549 g/mol. The molecule has 0 fully saturated rings. The molecule has 0 aliphatic carbocycles. The minimum absolute atomic E-state index is 0.0958. The van der Waals surface area contributed by atoms with Gasteiger partial charge < -0.3 is 0 Å². The summed E-state index contributed by atoms with van der Waals surface area (Å²) in [6, 6.07) is 5.49. The molecule has 0 radical (unpaired) electrons. The first-order valence-electron chi connectivity index (χ1n) is 14.7. The van der Waals surface area contributed by atoms with E-state index in [1.165, 1.54) is 57.1 Å². The summed E-state index contributed by atoms with van der Waals surface area (Å²) >= 11 is 0. The van der Waals surface area contributed by atoms with E-state index in [1.54, 1.807) is 12.1 Å². The SMILES string of the molecule is CCCCCCCC/C=C\CCCCCCC/C(=N/NS(=O)(=O)c1ccc(C)cc1)C(CCCC)[N+](=O)[O-]. The van der Waals surface area contributed by atoms with Gasteiger partial charge in [-0.15, -0.1) is 0 Å². The largest absolute Gasteiger partial charge is 0.276 e. The highest BCUT2D eigenvalue weighted by Crippen LogP contribution is 2.15. The first kappa shape index (κ1) is 33.8. The van der Waals surface area contributed by atoms with Crippen molar-refractivity contribution in [3.05, 3.63) is 52.1 Å². The van der Waals surface area contributed by atoms with Gasteiger partial charge in [0.1, 0.15) is 5.71 Å². The maximum absolute atomic E-state index is 12.7. The van der Waals surface area contributed by atoms with Gasteiger partial charge in [-0.3, -0.25) is 10.1 Å². The van der Waals surface area contributed by atoms with Crippen LogP contribution in [0.2, 0.25) is 0 Å². The smallest absolute Gasteiger partial charge is 0.264 e. The minimum atomic E-state index is -3.88. The summed E-state index contributed by atoms with van der Waals surface area (Å²) in [5.74, 6) is 0. The van der Waals surface area contributed by atoms with Crippen molar-refractivity contribution in [1.82, 2.24) is 4.83 Å². The molecule has 1 atom stereocenters. The second-order valence-electron chi connectivity index (χ2n) is 10.3. The van der Waals surface area contributed by atoms with Crippen LogP contribution in [0.3, 0.4) is 0 Å². The lowest BCUT2D eigenvalue weighted by atomic mass is 9.99. The summed E-state index contributed by atoms with van der Waals surface area (Å²) in [5.41, 5.74) is 1.27. The topological polar surface area (TPSA) is 102 Å². The summed E-state index contributed by atoms with van der Waals surface area (Å²) in [5, 5.41) is 15.9. The number of benzene rings is 1. The van der Waals surface area contributed by atoms with Gasteiger partial charge in [-0.2, -0.15) is 18.4 Å². The molecule has 1 aromatic rings.